The van der Waals surface area contributed by atoms with Gasteiger partial charge in [0.15, 0.2) is 42.9 Å². The van der Waals surface area contributed by atoms with E-state index in [1.807, 2.05) is 20.8 Å². The van der Waals surface area contributed by atoms with E-state index >= 15 is 0 Å². The minimum absolute atomic E-state index is 0.0748. The highest BCUT2D eigenvalue weighted by Crippen LogP contribution is 2.42. The van der Waals surface area contributed by atoms with Crippen LogP contribution in [0.1, 0.15) is 224 Å². The van der Waals surface area contributed by atoms with Crippen LogP contribution in [0.2, 0.25) is 0 Å². The molecule has 20 nitrogen and oxygen atoms in total. The van der Waals surface area contributed by atoms with Crippen LogP contribution in [0, 0.1) is 55.2 Å². The van der Waals surface area contributed by atoms with Gasteiger partial charge in [0.25, 0.3) is 0 Å². The molecule has 2 aliphatic heterocycles. The van der Waals surface area contributed by atoms with E-state index in [1.54, 1.807) is 125 Å². The summed E-state index contributed by atoms with van der Waals surface area (Å²) in [6.45, 7) is 44.5. The van der Waals surface area contributed by atoms with Crippen LogP contribution in [0.15, 0.2) is 0 Å². The first-order chi connectivity index (χ1) is 37.8. The van der Waals surface area contributed by atoms with Gasteiger partial charge in [0.1, 0.15) is 18.6 Å². The number of hydrogen-bond acceptors (Lipinski definition) is 18. The van der Waals surface area contributed by atoms with Gasteiger partial charge in [-0.25, -0.2) is 0 Å². The summed E-state index contributed by atoms with van der Waals surface area (Å²) in [4.78, 5) is 116. The zero-order valence-corrected chi connectivity index (χ0v) is 56.0. The maximum Gasteiger partial charge on any atom is 0.311 e. The quantitative estimate of drug-likeness (QED) is 0.104. The summed E-state index contributed by atoms with van der Waals surface area (Å²) in [5.74, 6) is -3.60. The smallest absolute Gasteiger partial charge is 0.311 e. The predicted octanol–water partition coefficient (Wildman–Crippen LogP) is 9.75. The molecule has 84 heavy (non-hydrogen) atoms. The van der Waals surface area contributed by atoms with Crippen LogP contribution in [0.3, 0.4) is 0 Å². The third kappa shape index (κ3) is 23.5. The van der Waals surface area contributed by atoms with Crippen molar-refractivity contribution in [2.24, 2.45) is 60.9 Å². The van der Waals surface area contributed by atoms with Gasteiger partial charge in [-0.3, -0.25) is 38.4 Å². The highest BCUT2D eigenvalue weighted by Gasteiger charge is 2.55. The summed E-state index contributed by atoms with van der Waals surface area (Å²) in [7, 11) is 0. The molecule has 0 radical (unpaired) electrons. The Morgan fingerprint density at radius 2 is 0.786 bits per heavy atom. The molecule has 2 saturated heterocycles. The largest absolute Gasteiger partial charge is 0.455 e. The standard InChI is InChI=1S/C35H60N2O9.C20H35NO7.C9H16O/c1-31(2,3)28(40)44-22-19-43-27(25(46-30(42)33(7,8)9)24(22)45-29(41)32(4,5)6)37(20-38)23(26(39)36-34(10,11)12)21-15-17-35(13,14)18-16-21;1-18(2,3)15(22)26-11-10-25-14(21)13(28-17(24)20(7,8)9)12(11)27-16(23)19(4,5)6;1-9(2)5-3-8(7-10)4-6-9/h20-25,27H,15-19H2,1-14H3,(H,36,39);11-14H,10,21H2,1-9H3;7-8H,3-6H2,1-2H3/t22-,23?,24-,25+,27+;11-,12-,13+,14+;/m11./s1. The van der Waals surface area contributed by atoms with Crippen LogP contribution in [-0.4, -0.2) is 133 Å². The number of aldehydes is 1. The molecule has 3 N–H and O–H groups in total. The normalized spacial score (nSPS) is 25.6. The number of rotatable bonds is 12. The number of nitrogens with two attached hydrogens (primary N) is 1. The Bertz CT molecular complexity index is 2240. The maximum atomic E-state index is 14.0. The van der Waals surface area contributed by atoms with Crippen LogP contribution < -0.4 is 11.1 Å². The average molecular weight is 1190 g/mol. The summed E-state index contributed by atoms with van der Waals surface area (Å²) in [5, 5.41) is 3.03. The van der Waals surface area contributed by atoms with Crippen molar-refractivity contribution in [3.05, 3.63) is 0 Å². The van der Waals surface area contributed by atoms with Gasteiger partial charge in [0.05, 0.1) is 45.7 Å². The van der Waals surface area contributed by atoms with Gasteiger partial charge in [-0.2, -0.15) is 0 Å². The molecule has 1 unspecified atom stereocenters. The Morgan fingerprint density at radius 1 is 0.476 bits per heavy atom. The van der Waals surface area contributed by atoms with Gasteiger partial charge in [0.2, 0.25) is 12.3 Å². The molecule has 2 saturated carbocycles. The van der Waals surface area contributed by atoms with Gasteiger partial charge in [-0.15, -0.1) is 0 Å². The highest BCUT2D eigenvalue weighted by atomic mass is 16.7. The van der Waals surface area contributed by atoms with E-state index in [0.717, 1.165) is 32.0 Å². The molecule has 4 rings (SSSR count). The van der Waals surface area contributed by atoms with E-state index in [-0.39, 0.29) is 30.5 Å². The van der Waals surface area contributed by atoms with Crippen molar-refractivity contribution < 1.29 is 81.0 Å². The van der Waals surface area contributed by atoms with E-state index in [1.165, 1.54) is 17.7 Å². The number of ether oxygens (including phenoxy) is 8. The third-order valence-electron chi connectivity index (χ3n) is 14.9. The van der Waals surface area contributed by atoms with Crippen molar-refractivity contribution in [3.8, 4) is 0 Å². The number of hydrogen-bond donors (Lipinski definition) is 2. The minimum atomic E-state index is -1.42. The fourth-order valence-electron chi connectivity index (χ4n) is 9.00. The molecular weight excluding hydrogens is 1080 g/mol. The molecule has 0 bridgehead atoms. The van der Waals surface area contributed by atoms with Gasteiger partial charge >= 0.3 is 35.8 Å². The monoisotopic (exact) mass is 1190 g/mol. The summed E-state index contributed by atoms with van der Waals surface area (Å²) in [6, 6.07) is -0.971. The number of amides is 2. The zero-order chi connectivity index (χ0) is 65.3. The summed E-state index contributed by atoms with van der Waals surface area (Å²) < 4.78 is 46.3. The van der Waals surface area contributed by atoms with Gasteiger partial charge in [-0.05, 0) is 214 Å². The van der Waals surface area contributed by atoms with Crippen LogP contribution in [0.5, 0.6) is 0 Å². The van der Waals surface area contributed by atoms with Crippen LogP contribution >= 0.6 is 0 Å². The summed E-state index contributed by atoms with van der Waals surface area (Å²) in [5.41, 5.74) is 0.778. The Labute approximate surface area is 503 Å². The van der Waals surface area contributed by atoms with E-state index in [0.29, 0.717) is 30.6 Å². The van der Waals surface area contributed by atoms with Crippen molar-refractivity contribution in [2.75, 3.05) is 13.2 Å². The summed E-state index contributed by atoms with van der Waals surface area (Å²) in [6.07, 6.45) is 0.0233. The van der Waals surface area contributed by atoms with Crippen molar-refractivity contribution in [2.45, 2.75) is 285 Å². The Hall–Kier alpha value is -4.69. The van der Waals surface area contributed by atoms with E-state index in [2.05, 4.69) is 33.0 Å². The Kier molecular flexibility index (Phi) is 25.9. The molecule has 0 aromatic heterocycles. The van der Waals surface area contributed by atoms with Crippen molar-refractivity contribution in [1.29, 1.82) is 0 Å². The fraction of sp³-hybridized carbons (Fsp3) is 0.859. The average Bonchev–Trinajstić information content (AvgIpc) is 3.27. The molecule has 484 valence electrons. The van der Waals surface area contributed by atoms with Crippen molar-refractivity contribution in [1.82, 2.24) is 10.2 Å². The van der Waals surface area contributed by atoms with Gasteiger partial charge in [0, 0.05) is 11.5 Å². The number of carbonyl (C=O) groups is 9. The van der Waals surface area contributed by atoms with Crippen LogP contribution in [0.4, 0.5) is 0 Å². The molecule has 0 spiro atoms. The SMILES string of the molecule is CC(C)(C)C(=O)O[C@H]1[C@H](OC(=O)C(C)(C)C)[C@H](OC(=O)C(C)(C)C)CO[C@@H]1N.CC1(C)CCC(C(C(=O)NC(C)(C)C)N(C=O)[C@H]2OC[C@@H](OC(=O)C(C)(C)C)[C@@H](OC(=O)C(C)(C)C)[C@@H]2OC(=O)C(C)(C)C)CC1.CC1(C)CCC(C=O)CC1. The molecule has 9 atom stereocenters. The van der Waals surface area contributed by atoms with Gasteiger partial charge < -0.3 is 58.6 Å². The lowest BCUT2D eigenvalue weighted by Crippen LogP contribution is -2.67. The lowest BCUT2D eigenvalue weighted by atomic mass is 9.70. The first-order valence-electron chi connectivity index (χ1n) is 30.0. The summed E-state index contributed by atoms with van der Waals surface area (Å²) >= 11 is 0. The Morgan fingerprint density at radius 3 is 1.12 bits per heavy atom. The van der Waals surface area contributed by atoms with Crippen molar-refractivity contribution >= 4 is 54.4 Å². The molecule has 4 aliphatic rings. The maximum absolute atomic E-state index is 14.0. The molecule has 2 aliphatic carbocycles. The zero-order valence-electron chi connectivity index (χ0n) is 56.0. The molecular formula is C64H111N3O17. The highest BCUT2D eigenvalue weighted by molar-refractivity contribution is 5.85. The Balaban J connectivity index is 0.000000530. The van der Waals surface area contributed by atoms with E-state index in [9.17, 15) is 43.2 Å². The molecule has 2 amide bonds. The van der Waals surface area contributed by atoms with Crippen molar-refractivity contribution in [3.63, 3.8) is 0 Å². The van der Waals surface area contributed by atoms with E-state index < -0.39 is 129 Å². The molecule has 0 aromatic rings. The number of nitrogens with zero attached hydrogens (tertiary/aromatic N) is 1. The molecule has 4 fully saturated rings. The van der Waals surface area contributed by atoms with E-state index in [4.69, 9.17) is 43.6 Å². The lowest BCUT2D eigenvalue weighted by molar-refractivity contribution is -0.258. The number of nitrogens with one attached hydrogen (secondary N) is 1. The predicted molar refractivity (Wildman–Crippen MR) is 317 cm³/mol. The number of esters is 6. The van der Waals surface area contributed by atoms with Crippen LogP contribution in [-0.2, 0) is 81.0 Å². The third-order valence-corrected chi connectivity index (χ3v) is 14.9. The second-order valence-electron chi connectivity index (χ2n) is 32.3. The minimum Gasteiger partial charge on any atom is -0.455 e. The first kappa shape index (κ1) is 75.4. The fourth-order valence-corrected chi connectivity index (χ4v) is 9.00. The van der Waals surface area contributed by atoms with Gasteiger partial charge in [-0.1, -0.05) is 27.7 Å². The van der Waals surface area contributed by atoms with Crippen LogP contribution in [0.25, 0.3) is 0 Å². The first-order valence-corrected chi connectivity index (χ1v) is 30.0. The molecule has 20 heteroatoms. The molecule has 2 heterocycles. The second-order valence-corrected chi connectivity index (χ2v) is 32.3. The topological polar surface area (TPSA) is 269 Å². The second kappa shape index (κ2) is 28.9. The number of carbonyl (C=O) groups excluding carboxylic acids is 9. The lowest BCUT2D eigenvalue weighted by Gasteiger charge is -2.48. The molecule has 0 aromatic carbocycles.